The Morgan fingerprint density at radius 1 is 1.24 bits per heavy atom. The van der Waals surface area contributed by atoms with Gasteiger partial charge in [0.05, 0.1) is 0 Å². The van der Waals surface area contributed by atoms with Gasteiger partial charge < -0.3 is 14.2 Å². The summed E-state index contributed by atoms with van der Waals surface area (Å²) in [5, 5.41) is 4.03. The lowest BCUT2D eigenvalue weighted by atomic mass is 9.96. The van der Waals surface area contributed by atoms with E-state index in [1.807, 2.05) is 11.0 Å². The molecule has 3 heterocycles. The third-order valence-electron chi connectivity index (χ3n) is 5.27. The zero-order chi connectivity index (χ0) is 17.6. The van der Waals surface area contributed by atoms with Crippen LogP contribution in [0.3, 0.4) is 0 Å². The summed E-state index contributed by atoms with van der Waals surface area (Å²) in [6, 6.07) is 4.18. The second-order valence-electron chi connectivity index (χ2n) is 7.15. The summed E-state index contributed by atoms with van der Waals surface area (Å²) in [6.45, 7) is 7.34. The summed E-state index contributed by atoms with van der Waals surface area (Å²) in [7, 11) is 0. The summed E-state index contributed by atoms with van der Waals surface area (Å²) in [5.41, 5.74) is 3.56. The van der Waals surface area contributed by atoms with Crippen LogP contribution in [0.1, 0.15) is 47.2 Å². The van der Waals surface area contributed by atoms with Gasteiger partial charge in [-0.15, -0.1) is 0 Å². The lowest BCUT2D eigenvalue weighted by Gasteiger charge is -2.32. The molecule has 1 fully saturated rings. The number of rotatable bonds is 2. The topological polar surface area (TPSA) is 68.5 Å². The molecule has 25 heavy (non-hydrogen) atoms. The van der Waals surface area contributed by atoms with Crippen molar-refractivity contribution in [2.24, 2.45) is 0 Å². The first-order valence-electron chi connectivity index (χ1n) is 8.87. The molecule has 6 nitrogen and oxygen atoms in total. The van der Waals surface area contributed by atoms with Crippen molar-refractivity contribution in [3.63, 3.8) is 0 Å². The first kappa shape index (κ1) is 16.1. The highest BCUT2D eigenvalue weighted by molar-refractivity contribution is 5.83. The number of piperidine rings is 1. The number of benzene rings is 1. The predicted molar refractivity (Wildman–Crippen MR) is 91.6 cm³/mol. The minimum atomic E-state index is -0.415. The standard InChI is InChI=1S/C19H23N3O3/c1-11-7-15-9-17(24-16(15)8-12(11)2)19(23)22-6-4-5-14(10-22)18-20-13(3)25-21-18/h7-8,14,17H,4-6,9-10H2,1-3H3/t14-,17-/m0/s1. The van der Waals surface area contributed by atoms with E-state index < -0.39 is 6.10 Å². The molecule has 2 aliphatic rings. The second-order valence-corrected chi connectivity index (χ2v) is 7.15. The van der Waals surface area contributed by atoms with E-state index >= 15 is 0 Å². The molecule has 0 unspecified atom stereocenters. The fourth-order valence-electron chi connectivity index (χ4n) is 3.72. The van der Waals surface area contributed by atoms with Crippen LogP contribution in [0.5, 0.6) is 5.75 Å². The second kappa shape index (κ2) is 6.17. The van der Waals surface area contributed by atoms with Gasteiger partial charge in [0.1, 0.15) is 5.75 Å². The smallest absolute Gasteiger partial charge is 0.264 e. The Labute approximate surface area is 147 Å². The number of carbonyl (C=O) groups excluding carboxylic acids is 1. The Balaban J connectivity index is 1.46. The van der Waals surface area contributed by atoms with Crippen LogP contribution in [0.2, 0.25) is 0 Å². The number of aryl methyl sites for hydroxylation is 3. The van der Waals surface area contributed by atoms with Gasteiger partial charge in [0.15, 0.2) is 11.9 Å². The van der Waals surface area contributed by atoms with Crippen LogP contribution in [-0.2, 0) is 11.2 Å². The zero-order valence-electron chi connectivity index (χ0n) is 14.9. The molecule has 132 valence electrons. The van der Waals surface area contributed by atoms with E-state index in [4.69, 9.17) is 9.26 Å². The van der Waals surface area contributed by atoms with E-state index in [0.717, 1.165) is 30.7 Å². The molecule has 0 saturated carbocycles. The van der Waals surface area contributed by atoms with Gasteiger partial charge in [0, 0.05) is 32.4 Å². The van der Waals surface area contributed by atoms with Crippen LogP contribution in [0.25, 0.3) is 0 Å². The number of aromatic nitrogens is 2. The van der Waals surface area contributed by atoms with Crippen molar-refractivity contribution in [3.05, 3.63) is 40.5 Å². The van der Waals surface area contributed by atoms with E-state index in [9.17, 15) is 4.79 Å². The molecule has 0 radical (unpaired) electrons. The summed E-state index contributed by atoms with van der Waals surface area (Å²) < 4.78 is 11.1. The quantitative estimate of drug-likeness (QED) is 0.840. The lowest BCUT2D eigenvalue weighted by Crippen LogP contribution is -2.46. The van der Waals surface area contributed by atoms with E-state index in [0.29, 0.717) is 24.7 Å². The summed E-state index contributed by atoms with van der Waals surface area (Å²) in [6.07, 6.45) is 2.16. The Morgan fingerprint density at radius 3 is 2.80 bits per heavy atom. The summed E-state index contributed by atoms with van der Waals surface area (Å²) in [4.78, 5) is 19.2. The number of amides is 1. The Morgan fingerprint density at radius 2 is 2.04 bits per heavy atom. The first-order chi connectivity index (χ1) is 12.0. The highest BCUT2D eigenvalue weighted by Crippen LogP contribution is 2.33. The van der Waals surface area contributed by atoms with Crippen molar-refractivity contribution < 1.29 is 14.1 Å². The van der Waals surface area contributed by atoms with Gasteiger partial charge in [-0.1, -0.05) is 11.2 Å². The molecule has 0 bridgehead atoms. The monoisotopic (exact) mass is 341 g/mol. The van der Waals surface area contributed by atoms with Crippen molar-refractivity contribution in [1.29, 1.82) is 0 Å². The number of carbonyl (C=O) groups is 1. The number of hydrogen-bond acceptors (Lipinski definition) is 5. The van der Waals surface area contributed by atoms with Crippen molar-refractivity contribution >= 4 is 5.91 Å². The van der Waals surface area contributed by atoms with Gasteiger partial charge in [-0.25, -0.2) is 0 Å². The van der Waals surface area contributed by atoms with Crippen LogP contribution in [0, 0.1) is 20.8 Å². The minimum Gasteiger partial charge on any atom is -0.480 e. The maximum absolute atomic E-state index is 13.0. The van der Waals surface area contributed by atoms with Crippen molar-refractivity contribution in [2.45, 2.75) is 52.1 Å². The average molecular weight is 341 g/mol. The van der Waals surface area contributed by atoms with E-state index in [-0.39, 0.29) is 11.8 Å². The minimum absolute atomic E-state index is 0.0661. The average Bonchev–Trinajstić information content (AvgIpc) is 3.21. The van der Waals surface area contributed by atoms with Crippen LogP contribution in [-0.4, -0.2) is 40.1 Å². The Bertz CT molecular complexity index is 783. The van der Waals surface area contributed by atoms with Gasteiger partial charge in [-0.3, -0.25) is 4.79 Å². The third kappa shape index (κ3) is 3.01. The van der Waals surface area contributed by atoms with E-state index in [1.165, 1.54) is 11.1 Å². The van der Waals surface area contributed by atoms with Gasteiger partial charge in [0.2, 0.25) is 5.89 Å². The van der Waals surface area contributed by atoms with Gasteiger partial charge in [0.25, 0.3) is 5.91 Å². The number of nitrogens with zero attached hydrogens (tertiary/aromatic N) is 3. The van der Waals surface area contributed by atoms with Crippen LogP contribution in [0.15, 0.2) is 16.7 Å². The molecule has 1 aromatic carbocycles. The van der Waals surface area contributed by atoms with E-state index in [2.05, 4.69) is 30.1 Å². The molecular formula is C19H23N3O3. The largest absolute Gasteiger partial charge is 0.480 e. The molecule has 2 aromatic rings. The molecule has 0 N–H and O–H groups in total. The molecule has 2 aliphatic heterocycles. The summed E-state index contributed by atoms with van der Waals surface area (Å²) in [5.74, 6) is 2.33. The zero-order valence-corrected chi connectivity index (χ0v) is 14.9. The lowest BCUT2D eigenvalue weighted by molar-refractivity contribution is -0.139. The molecular weight excluding hydrogens is 318 g/mol. The third-order valence-corrected chi connectivity index (χ3v) is 5.27. The molecule has 6 heteroatoms. The van der Waals surface area contributed by atoms with Crippen LogP contribution < -0.4 is 4.74 Å². The van der Waals surface area contributed by atoms with Crippen LogP contribution >= 0.6 is 0 Å². The number of ether oxygens (including phenoxy) is 1. The fourth-order valence-corrected chi connectivity index (χ4v) is 3.72. The van der Waals surface area contributed by atoms with Gasteiger partial charge >= 0.3 is 0 Å². The van der Waals surface area contributed by atoms with Crippen LogP contribution in [0.4, 0.5) is 0 Å². The molecule has 0 spiro atoms. The Hall–Kier alpha value is -2.37. The van der Waals surface area contributed by atoms with Crippen molar-refractivity contribution in [3.8, 4) is 5.75 Å². The molecule has 2 atom stereocenters. The predicted octanol–water partition coefficient (Wildman–Crippen LogP) is 2.70. The number of likely N-dealkylation sites (tertiary alicyclic amines) is 1. The number of fused-ring (bicyclic) bond motifs is 1. The van der Waals surface area contributed by atoms with Crippen molar-refractivity contribution in [2.75, 3.05) is 13.1 Å². The van der Waals surface area contributed by atoms with Gasteiger partial charge in [-0.2, -0.15) is 4.98 Å². The number of hydrogen-bond donors (Lipinski definition) is 0. The first-order valence-corrected chi connectivity index (χ1v) is 8.87. The summed E-state index contributed by atoms with van der Waals surface area (Å²) >= 11 is 0. The van der Waals surface area contributed by atoms with E-state index in [1.54, 1.807) is 6.92 Å². The molecule has 1 aromatic heterocycles. The maximum Gasteiger partial charge on any atom is 0.264 e. The SMILES string of the molecule is Cc1nc([C@H]2CCCN(C(=O)[C@@H]3Cc4cc(C)c(C)cc4O3)C2)no1. The molecule has 0 aliphatic carbocycles. The van der Waals surface area contributed by atoms with Crippen molar-refractivity contribution in [1.82, 2.24) is 15.0 Å². The molecule has 1 amide bonds. The maximum atomic E-state index is 13.0. The fraction of sp³-hybridized carbons (Fsp3) is 0.526. The molecule has 1 saturated heterocycles. The normalized spacial score (nSPS) is 22.6. The highest BCUT2D eigenvalue weighted by atomic mass is 16.5. The van der Waals surface area contributed by atoms with Gasteiger partial charge in [-0.05, 0) is 49.4 Å². The Kier molecular flexibility index (Phi) is 3.98. The molecule has 4 rings (SSSR count). The highest BCUT2D eigenvalue weighted by Gasteiger charge is 2.35.